The molecule has 23 heavy (non-hydrogen) atoms. The van der Waals surface area contributed by atoms with Crippen LogP contribution in [0.3, 0.4) is 0 Å². The van der Waals surface area contributed by atoms with Crippen LogP contribution in [0, 0.1) is 5.92 Å². The Labute approximate surface area is 138 Å². The fraction of sp³-hybridized carbons (Fsp3) is 0.875. The molecule has 0 spiro atoms. The molecule has 0 aromatic carbocycles. The third-order valence-electron chi connectivity index (χ3n) is 4.94. The molecule has 1 unspecified atom stereocenters. The number of piperidine rings is 2. The van der Waals surface area contributed by atoms with Gasteiger partial charge in [-0.05, 0) is 38.1 Å². The van der Waals surface area contributed by atoms with Crippen LogP contribution in [0.25, 0.3) is 0 Å². The minimum atomic E-state index is -0.239. The number of hydrogen-bond donors (Lipinski definition) is 2. The molecule has 0 saturated carbocycles. The van der Waals surface area contributed by atoms with E-state index < -0.39 is 0 Å². The Hall–Kier alpha value is -1.34. The molecule has 132 valence electrons. The first-order valence-corrected chi connectivity index (χ1v) is 8.59. The van der Waals surface area contributed by atoms with E-state index in [9.17, 15) is 14.7 Å². The van der Waals surface area contributed by atoms with Crippen molar-refractivity contribution >= 4 is 11.9 Å². The van der Waals surface area contributed by atoms with E-state index in [2.05, 4.69) is 10.2 Å². The third kappa shape index (κ3) is 5.07. The number of urea groups is 1. The Bertz CT molecular complexity index is 408. The average molecular weight is 326 g/mol. The van der Waals surface area contributed by atoms with Crippen LogP contribution in [0.5, 0.6) is 0 Å². The normalized spacial score (nSPS) is 23.6. The maximum absolute atomic E-state index is 12.2. The van der Waals surface area contributed by atoms with Crippen molar-refractivity contribution in [2.75, 3.05) is 53.4 Å². The van der Waals surface area contributed by atoms with Crippen molar-refractivity contribution in [3.8, 4) is 0 Å². The maximum Gasteiger partial charge on any atom is 0.317 e. The van der Waals surface area contributed by atoms with Gasteiger partial charge in [-0.15, -0.1) is 0 Å². The van der Waals surface area contributed by atoms with E-state index in [-0.39, 0.29) is 25.1 Å². The Morgan fingerprint density at radius 2 is 1.87 bits per heavy atom. The van der Waals surface area contributed by atoms with Crippen molar-refractivity contribution in [1.29, 1.82) is 0 Å². The van der Waals surface area contributed by atoms with E-state index >= 15 is 0 Å². The lowest BCUT2D eigenvalue weighted by Crippen LogP contribution is -2.51. The molecule has 0 bridgehead atoms. The quantitative estimate of drug-likeness (QED) is 0.760. The summed E-state index contributed by atoms with van der Waals surface area (Å²) >= 11 is 0. The molecule has 7 heteroatoms. The van der Waals surface area contributed by atoms with Crippen molar-refractivity contribution in [2.45, 2.75) is 31.7 Å². The van der Waals surface area contributed by atoms with Gasteiger partial charge in [0.05, 0.1) is 6.54 Å². The van der Waals surface area contributed by atoms with Crippen LogP contribution in [-0.4, -0.2) is 91.2 Å². The lowest BCUT2D eigenvalue weighted by molar-refractivity contribution is -0.131. The number of hydrogen-bond acceptors (Lipinski definition) is 4. The van der Waals surface area contributed by atoms with Crippen LogP contribution in [0.2, 0.25) is 0 Å². The zero-order valence-corrected chi connectivity index (χ0v) is 14.3. The van der Waals surface area contributed by atoms with Crippen molar-refractivity contribution < 1.29 is 14.7 Å². The standard InChI is InChI=1S/C16H30N4O3/c1-18(2)16(23)17-10-15(22)19-8-5-14(6-9-19)20-7-3-4-13(11-20)12-21/h13-14,21H,3-12H2,1-2H3,(H,17,23). The van der Waals surface area contributed by atoms with Crippen LogP contribution < -0.4 is 5.32 Å². The summed E-state index contributed by atoms with van der Waals surface area (Å²) in [6.07, 6.45) is 4.23. The molecular weight excluding hydrogens is 296 g/mol. The lowest BCUT2D eigenvalue weighted by Gasteiger charge is -2.42. The second kappa shape index (κ2) is 8.49. The van der Waals surface area contributed by atoms with Crippen molar-refractivity contribution in [3.05, 3.63) is 0 Å². The molecular formula is C16H30N4O3. The Balaban J connectivity index is 1.73. The van der Waals surface area contributed by atoms with Crippen molar-refractivity contribution in [1.82, 2.24) is 20.0 Å². The van der Waals surface area contributed by atoms with Crippen LogP contribution in [0.15, 0.2) is 0 Å². The molecule has 2 aliphatic rings. The first-order chi connectivity index (χ1) is 11.0. The van der Waals surface area contributed by atoms with Gasteiger partial charge in [-0.25, -0.2) is 4.79 Å². The fourth-order valence-corrected chi connectivity index (χ4v) is 3.48. The number of nitrogens with one attached hydrogen (secondary N) is 1. The molecule has 7 nitrogen and oxygen atoms in total. The molecule has 0 radical (unpaired) electrons. The van der Waals surface area contributed by atoms with E-state index in [1.54, 1.807) is 14.1 Å². The summed E-state index contributed by atoms with van der Waals surface area (Å²) < 4.78 is 0. The van der Waals surface area contributed by atoms with E-state index in [4.69, 9.17) is 0 Å². The number of rotatable bonds is 4. The number of aliphatic hydroxyl groups excluding tert-OH is 1. The summed E-state index contributed by atoms with van der Waals surface area (Å²) in [5, 5.41) is 12.0. The molecule has 2 saturated heterocycles. The topological polar surface area (TPSA) is 76.1 Å². The predicted octanol–water partition coefficient (Wildman–Crippen LogP) is -0.0471. The predicted molar refractivity (Wildman–Crippen MR) is 88.1 cm³/mol. The summed E-state index contributed by atoms with van der Waals surface area (Å²) in [4.78, 5) is 29.4. The van der Waals surface area contributed by atoms with Gasteiger partial charge in [0.25, 0.3) is 0 Å². The van der Waals surface area contributed by atoms with Gasteiger partial charge in [-0.3, -0.25) is 9.69 Å². The van der Waals surface area contributed by atoms with E-state index in [0.29, 0.717) is 12.0 Å². The second-order valence-electron chi connectivity index (χ2n) is 6.85. The van der Waals surface area contributed by atoms with Gasteiger partial charge < -0.3 is 20.2 Å². The van der Waals surface area contributed by atoms with Crippen LogP contribution >= 0.6 is 0 Å². The number of aliphatic hydroxyl groups is 1. The van der Waals surface area contributed by atoms with Gasteiger partial charge in [-0.1, -0.05) is 0 Å². The van der Waals surface area contributed by atoms with E-state index in [1.165, 1.54) is 4.90 Å². The number of nitrogens with zero attached hydrogens (tertiary/aromatic N) is 3. The third-order valence-corrected chi connectivity index (χ3v) is 4.94. The number of carbonyl (C=O) groups is 2. The molecule has 3 amide bonds. The number of likely N-dealkylation sites (tertiary alicyclic amines) is 2. The molecule has 2 rings (SSSR count). The zero-order chi connectivity index (χ0) is 16.8. The molecule has 2 fully saturated rings. The van der Waals surface area contributed by atoms with Crippen molar-refractivity contribution in [3.63, 3.8) is 0 Å². The first-order valence-electron chi connectivity index (χ1n) is 8.59. The molecule has 0 aromatic heterocycles. The average Bonchev–Trinajstić information content (AvgIpc) is 2.59. The molecule has 0 aromatic rings. The highest BCUT2D eigenvalue weighted by atomic mass is 16.3. The van der Waals surface area contributed by atoms with Crippen molar-refractivity contribution in [2.24, 2.45) is 5.92 Å². The molecule has 2 N–H and O–H groups in total. The zero-order valence-electron chi connectivity index (χ0n) is 14.3. The monoisotopic (exact) mass is 326 g/mol. The highest BCUT2D eigenvalue weighted by molar-refractivity contribution is 5.83. The molecule has 0 aliphatic carbocycles. The first kappa shape index (κ1) is 18.0. The molecule has 2 heterocycles. The fourth-order valence-electron chi connectivity index (χ4n) is 3.48. The maximum atomic E-state index is 12.2. The SMILES string of the molecule is CN(C)C(=O)NCC(=O)N1CCC(N2CCCC(CO)C2)CC1. The summed E-state index contributed by atoms with van der Waals surface area (Å²) in [6.45, 7) is 3.93. The highest BCUT2D eigenvalue weighted by Crippen LogP contribution is 2.23. The molecule has 1 atom stereocenters. The highest BCUT2D eigenvalue weighted by Gasteiger charge is 2.29. The smallest absolute Gasteiger partial charge is 0.317 e. The van der Waals surface area contributed by atoms with Gasteiger partial charge in [0.15, 0.2) is 0 Å². The second-order valence-corrected chi connectivity index (χ2v) is 6.85. The van der Waals surface area contributed by atoms with Crippen LogP contribution in [0.1, 0.15) is 25.7 Å². The minimum absolute atomic E-state index is 0.00877. The summed E-state index contributed by atoms with van der Waals surface area (Å²) in [5.74, 6) is 0.398. The largest absolute Gasteiger partial charge is 0.396 e. The van der Waals surface area contributed by atoms with Crippen LogP contribution in [-0.2, 0) is 4.79 Å². The Morgan fingerprint density at radius 1 is 1.17 bits per heavy atom. The summed E-state index contributed by atoms with van der Waals surface area (Å²) in [6, 6.07) is 0.279. The van der Waals surface area contributed by atoms with Gasteiger partial charge in [0, 0.05) is 46.4 Å². The lowest BCUT2D eigenvalue weighted by atomic mass is 9.94. The summed E-state index contributed by atoms with van der Waals surface area (Å²) in [7, 11) is 3.31. The van der Waals surface area contributed by atoms with Crippen LogP contribution in [0.4, 0.5) is 4.79 Å². The number of carbonyl (C=O) groups excluding carboxylic acids is 2. The van der Waals surface area contributed by atoms with Gasteiger partial charge in [-0.2, -0.15) is 0 Å². The van der Waals surface area contributed by atoms with E-state index in [1.807, 2.05) is 4.90 Å². The minimum Gasteiger partial charge on any atom is -0.396 e. The molecule has 2 aliphatic heterocycles. The van der Waals surface area contributed by atoms with Gasteiger partial charge in [0.1, 0.15) is 0 Å². The Kier molecular flexibility index (Phi) is 6.65. The Morgan fingerprint density at radius 3 is 2.48 bits per heavy atom. The number of amides is 3. The summed E-state index contributed by atoms with van der Waals surface area (Å²) in [5.41, 5.74) is 0. The van der Waals surface area contributed by atoms with Gasteiger partial charge >= 0.3 is 6.03 Å². The van der Waals surface area contributed by atoms with E-state index in [0.717, 1.165) is 51.9 Å². The van der Waals surface area contributed by atoms with Gasteiger partial charge in [0.2, 0.25) is 5.91 Å².